The third kappa shape index (κ3) is 17.2. The Kier molecular flexibility index (Phi) is 21.0. The first-order valence-corrected chi connectivity index (χ1v) is 24.1. The van der Waals surface area contributed by atoms with E-state index in [9.17, 15) is 48.3 Å². The molecule has 3 aromatic carbocycles. The lowest BCUT2D eigenvalue weighted by Gasteiger charge is -2.29. The zero-order valence-electron chi connectivity index (χ0n) is 40.2. The number of rotatable bonds is 26. The van der Waals surface area contributed by atoms with Crippen molar-refractivity contribution in [2.24, 2.45) is 11.5 Å². The average molecular weight is 995 g/mol. The fourth-order valence-corrected chi connectivity index (χ4v) is 8.54. The van der Waals surface area contributed by atoms with Gasteiger partial charge in [0.2, 0.25) is 47.3 Å². The van der Waals surface area contributed by atoms with E-state index in [1.165, 1.54) is 11.8 Å². The van der Waals surface area contributed by atoms with Crippen molar-refractivity contribution in [3.8, 4) is 0 Å². The van der Waals surface area contributed by atoms with Crippen molar-refractivity contribution in [1.82, 2.24) is 47.4 Å². The molecule has 0 saturated carbocycles. The lowest BCUT2D eigenvalue weighted by molar-refractivity contribution is -0.149. The highest BCUT2D eigenvalue weighted by atomic mass is 16.4. The highest BCUT2D eigenvalue weighted by Gasteiger charge is 2.39. The van der Waals surface area contributed by atoms with Crippen LogP contribution in [0.2, 0.25) is 0 Å². The molecule has 0 bridgehead atoms. The summed E-state index contributed by atoms with van der Waals surface area (Å²) < 4.78 is 0. The van der Waals surface area contributed by atoms with Gasteiger partial charge in [0, 0.05) is 32.4 Å². The molecule has 22 nitrogen and oxygen atoms in total. The molecular formula is C50H66N12O10. The number of guanidine groups is 1. The molecule has 8 amide bonds. The van der Waals surface area contributed by atoms with Gasteiger partial charge in [0.05, 0.1) is 12.5 Å². The molecule has 0 aliphatic carbocycles. The molecule has 0 radical (unpaired) electrons. The van der Waals surface area contributed by atoms with Crippen LogP contribution in [0.1, 0.15) is 68.6 Å². The molecule has 0 unspecified atom stereocenters. The maximum absolute atomic E-state index is 14.5. The summed E-state index contributed by atoms with van der Waals surface area (Å²) in [6, 6.07) is 16.4. The molecule has 3 aromatic rings. The van der Waals surface area contributed by atoms with Crippen LogP contribution >= 0.6 is 0 Å². The van der Waals surface area contributed by atoms with Gasteiger partial charge >= 0.3 is 5.97 Å². The molecule has 386 valence electrons. The largest absolute Gasteiger partial charge is 0.480 e. The Morgan fingerprint density at radius 1 is 0.639 bits per heavy atom. The zero-order chi connectivity index (χ0) is 52.2. The minimum absolute atomic E-state index is 0.00883. The minimum Gasteiger partial charge on any atom is -0.480 e. The van der Waals surface area contributed by atoms with E-state index in [1.807, 2.05) is 0 Å². The van der Waals surface area contributed by atoms with Gasteiger partial charge in [-0.05, 0) is 68.7 Å². The number of carboxylic acids is 1. The third-order valence-electron chi connectivity index (χ3n) is 12.3. The van der Waals surface area contributed by atoms with Gasteiger partial charge in [-0.1, -0.05) is 91.0 Å². The smallest absolute Gasteiger partial charge is 0.326 e. The number of nitrogens with one attached hydrogen (secondary N) is 9. The molecule has 2 fully saturated rings. The van der Waals surface area contributed by atoms with Crippen LogP contribution in [0.3, 0.4) is 0 Å². The first kappa shape index (κ1) is 55.1. The van der Waals surface area contributed by atoms with Gasteiger partial charge in [0.25, 0.3) is 0 Å². The monoisotopic (exact) mass is 995 g/mol. The lowest BCUT2D eigenvalue weighted by atomic mass is 10.0. The van der Waals surface area contributed by atoms with Gasteiger partial charge < -0.3 is 64.0 Å². The third-order valence-corrected chi connectivity index (χ3v) is 12.3. The van der Waals surface area contributed by atoms with Crippen molar-refractivity contribution >= 4 is 59.2 Å². The van der Waals surface area contributed by atoms with Crippen LogP contribution in [0.25, 0.3) is 0 Å². The van der Waals surface area contributed by atoms with Crippen LogP contribution < -0.4 is 54.0 Å². The number of carbonyl (C=O) groups excluding carboxylic acids is 8. The van der Waals surface area contributed by atoms with Crippen LogP contribution in [-0.2, 0) is 62.4 Å². The number of likely N-dealkylation sites (tertiary alicyclic amines) is 1. The Bertz CT molecular complexity index is 2370. The summed E-state index contributed by atoms with van der Waals surface area (Å²) in [5.41, 5.74) is 12.9. The molecule has 0 spiro atoms. The van der Waals surface area contributed by atoms with Gasteiger partial charge in [-0.3, -0.25) is 43.8 Å². The van der Waals surface area contributed by atoms with E-state index in [0.29, 0.717) is 42.5 Å². The molecular weight excluding hydrogens is 929 g/mol. The van der Waals surface area contributed by atoms with E-state index in [4.69, 9.17) is 16.9 Å². The molecule has 2 aliphatic heterocycles. The Morgan fingerprint density at radius 3 is 1.61 bits per heavy atom. The van der Waals surface area contributed by atoms with Crippen LogP contribution in [0.15, 0.2) is 91.0 Å². The second kappa shape index (κ2) is 27.5. The lowest BCUT2D eigenvalue weighted by Crippen LogP contribution is -2.61. The van der Waals surface area contributed by atoms with Gasteiger partial charge in [-0.25, -0.2) is 4.79 Å². The number of benzene rings is 3. The number of nitrogens with two attached hydrogens (primary N) is 2. The van der Waals surface area contributed by atoms with Gasteiger partial charge in [0.15, 0.2) is 5.96 Å². The molecule has 5 rings (SSSR count). The summed E-state index contributed by atoms with van der Waals surface area (Å²) in [4.78, 5) is 123. The van der Waals surface area contributed by atoms with Crippen molar-refractivity contribution in [3.05, 3.63) is 108 Å². The van der Waals surface area contributed by atoms with Crippen molar-refractivity contribution in [2.45, 2.75) is 119 Å². The van der Waals surface area contributed by atoms with E-state index >= 15 is 0 Å². The zero-order valence-corrected chi connectivity index (χ0v) is 40.2. The van der Waals surface area contributed by atoms with E-state index in [-0.39, 0.29) is 51.2 Å². The quantitative estimate of drug-likeness (QED) is 0.0251. The second-order valence-corrected chi connectivity index (χ2v) is 17.9. The van der Waals surface area contributed by atoms with Crippen LogP contribution in [0.4, 0.5) is 0 Å². The number of amides is 8. The highest BCUT2D eigenvalue weighted by Crippen LogP contribution is 2.20. The van der Waals surface area contributed by atoms with Crippen molar-refractivity contribution in [3.63, 3.8) is 0 Å². The van der Waals surface area contributed by atoms with E-state index in [2.05, 4.69) is 42.5 Å². The fraction of sp³-hybridized carbons (Fsp3) is 0.440. The maximum atomic E-state index is 14.5. The molecule has 2 saturated heterocycles. The van der Waals surface area contributed by atoms with Crippen molar-refractivity contribution in [2.75, 3.05) is 19.6 Å². The Labute approximate surface area is 417 Å². The van der Waals surface area contributed by atoms with Crippen LogP contribution in [-0.4, -0.2) is 137 Å². The Morgan fingerprint density at radius 2 is 1.12 bits per heavy atom. The Balaban J connectivity index is 1.34. The van der Waals surface area contributed by atoms with E-state index in [0.717, 1.165) is 6.42 Å². The summed E-state index contributed by atoms with van der Waals surface area (Å²) in [5, 5.41) is 39.0. The van der Waals surface area contributed by atoms with Gasteiger partial charge in [-0.2, -0.15) is 0 Å². The first-order valence-electron chi connectivity index (χ1n) is 24.1. The molecule has 2 aliphatic rings. The van der Waals surface area contributed by atoms with Crippen LogP contribution in [0, 0.1) is 5.41 Å². The molecule has 72 heavy (non-hydrogen) atoms. The first-order chi connectivity index (χ1) is 34.5. The second-order valence-electron chi connectivity index (χ2n) is 17.9. The summed E-state index contributed by atoms with van der Waals surface area (Å²) in [6.07, 6.45) is 1.59. The van der Waals surface area contributed by atoms with Crippen molar-refractivity contribution in [1.29, 1.82) is 5.41 Å². The Hall–Kier alpha value is -7.88. The minimum atomic E-state index is -1.67. The van der Waals surface area contributed by atoms with Crippen LogP contribution in [0.5, 0.6) is 0 Å². The maximum Gasteiger partial charge on any atom is 0.326 e. The highest BCUT2D eigenvalue weighted by molar-refractivity contribution is 5.99. The number of nitrogens with zero attached hydrogens (tertiary/aromatic N) is 1. The van der Waals surface area contributed by atoms with Gasteiger partial charge in [-0.15, -0.1) is 0 Å². The summed E-state index contributed by atoms with van der Waals surface area (Å²) in [6.45, 7) is 2.36. The number of carboxylic acid groups (broad SMARTS) is 1. The molecule has 0 aromatic heterocycles. The SMILES string of the molecule is C[C@H](NC(=O)[C@H](CC(N)=O)NC(=O)[C@H](Cc1ccccc1)NC(=O)[C@@H](Cc1ccccc1)NC(=O)[C@@H](CCCNC(=N)N)NC(=O)[C@@H]1CCCN1)C(=O)N[C@@H](Cc1ccccc1)C(=O)N1CCC[C@@H]1C(=O)O. The van der Waals surface area contributed by atoms with E-state index in [1.54, 1.807) is 91.0 Å². The number of aliphatic carboxylic acids is 1. The van der Waals surface area contributed by atoms with Gasteiger partial charge in [0.1, 0.15) is 42.3 Å². The topological polar surface area (TPSA) is 349 Å². The van der Waals surface area contributed by atoms with E-state index < -0.39 is 108 Å². The molecule has 8 atom stereocenters. The number of hydrogen-bond acceptors (Lipinski definition) is 11. The molecule has 2 heterocycles. The predicted octanol–water partition coefficient (Wildman–Crippen LogP) is -1.39. The molecule has 14 N–H and O–H groups in total. The standard InChI is InChI=1S/C50H66N12O10/c1-30(42(64)61-39(28-33-18-9-4-10-19-33)48(70)62-25-13-22-40(62)49(71)72)56-45(67)38(29-41(51)63)60-47(69)37(27-32-16-7-3-8-17-32)59-46(68)36(26-31-14-5-2-6-15-31)58-44(66)35(21-12-24-55-50(52)53)57-43(65)34-20-11-23-54-34/h2-10,14-19,30,34-40,54H,11-13,20-29H2,1H3,(H2,51,63)(H,56,67)(H,57,65)(H,58,66)(H,59,68)(H,60,69)(H,61,64)(H,71,72)(H4,52,53,55)/t30-,34-,35+,36+,37-,38-,39-,40+/m0/s1. The number of hydrogen-bond donors (Lipinski definition) is 12. The average Bonchev–Trinajstić information content (AvgIpc) is 4.09. The van der Waals surface area contributed by atoms with Crippen molar-refractivity contribution < 1.29 is 48.3 Å². The normalized spacial score (nSPS) is 17.6. The fourth-order valence-electron chi connectivity index (χ4n) is 8.54. The number of carbonyl (C=O) groups is 9. The summed E-state index contributed by atoms with van der Waals surface area (Å²) >= 11 is 0. The summed E-state index contributed by atoms with van der Waals surface area (Å²) in [5.74, 6) is -7.66. The number of primary amides is 1. The molecule has 22 heteroatoms. The predicted molar refractivity (Wildman–Crippen MR) is 264 cm³/mol. The summed E-state index contributed by atoms with van der Waals surface area (Å²) in [7, 11) is 0.